The second-order valence-corrected chi connectivity index (χ2v) is 4.90. The highest BCUT2D eigenvalue weighted by atomic mass is 19.1. The quantitative estimate of drug-likeness (QED) is 0.915. The minimum Gasteiger partial charge on any atom is -0.363 e. The highest BCUT2D eigenvalue weighted by Gasteiger charge is 2.21. The summed E-state index contributed by atoms with van der Waals surface area (Å²) < 4.78 is 13.9. The molecule has 3 heteroatoms. The monoisotopic (exact) mass is 256 g/mol. The average Bonchev–Trinajstić information content (AvgIpc) is 2.85. The van der Waals surface area contributed by atoms with Crippen molar-refractivity contribution >= 4 is 5.69 Å². The fraction of sp³-hybridized carbons (Fsp3) is 0.250. The van der Waals surface area contributed by atoms with Gasteiger partial charge in [0.15, 0.2) is 0 Å². The predicted octanol–water partition coefficient (Wildman–Crippen LogP) is 2.85. The molecule has 19 heavy (non-hydrogen) atoms. The van der Waals surface area contributed by atoms with Crippen LogP contribution in [0.5, 0.6) is 0 Å². The molecule has 0 aromatic heterocycles. The van der Waals surface area contributed by atoms with E-state index in [0.717, 1.165) is 24.3 Å². The van der Waals surface area contributed by atoms with Crippen LogP contribution in [0.15, 0.2) is 42.5 Å². The first-order valence-corrected chi connectivity index (χ1v) is 6.59. The predicted molar refractivity (Wildman–Crippen MR) is 75.5 cm³/mol. The van der Waals surface area contributed by atoms with Crippen molar-refractivity contribution in [3.63, 3.8) is 0 Å². The number of benzene rings is 2. The molecule has 0 amide bonds. The van der Waals surface area contributed by atoms with Gasteiger partial charge >= 0.3 is 0 Å². The molecule has 0 aliphatic carbocycles. The molecule has 2 N–H and O–H groups in total. The van der Waals surface area contributed by atoms with Crippen molar-refractivity contribution in [1.82, 2.24) is 0 Å². The van der Waals surface area contributed by atoms with Gasteiger partial charge in [-0.05, 0) is 36.2 Å². The van der Waals surface area contributed by atoms with Crippen LogP contribution >= 0.6 is 0 Å². The molecule has 0 fully saturated rings. The number of rotatable bonds is 3. The molecule has 1 heterocycles. The van der Waals surface area contributed by atoms with Gasteiger partial charge in [-0.25, -0.2) is 4.39 Å². The fourth-order valence-corrected chi connectivity index (χ4v) is 2.74. The lowest BCUT2D eigenvalue weighted by molar-refractivity contribution is 0.608. The van der Waals surface area contributed by atoms with Crippen LogP contribution in [0.1, 0.15) is 16.7 Å². The third-order valence-corrected chi connectivity index (χ3v) is 3.67. The van der Waals surface area contributed by atoms with Crippen LogP contribution in [0.25, 0.3) is 0 Å². The molecule has 0 saturated carbocycles. The van der Waals surface area contributed by atoms with E-state index in [4.69, 9.17) is 5.73 Å². The Labute approximate surface area is 112 Å². The number of hydrogen-bond acceptors (Lipinski definition) is 2. The van der Waals surface area contributed by atoms with E-state index in [9.17, 15) is 4.39 Å². The zero-order chi connectivity index (χ0) is 13.2. The molecular weight excluding hydrogens is 239 g/mol. The molecule has 0 saturated heterocycles. The molecule has 0 bridgehead atoms. The van der Waals surface area contributed by atoms with E-state index < -0.39 is 0 Å². The Balaban J connectivity index is 1.95. The lowest BCUT2D eigenvalue weighted by atomic mass is 10.1. The summed E-state index contributed by atoms with van der Waals surface area (Å²) >= 11 is 0. The van der Waals surface area contributed by atoms with Gasteiger partial charge in [-0.2, -0.15) is 0 Å². The van der Waals surface area contributed by atoms with E-state index in [1.54, 1.807) is 6.07 Å². The Morgan fingerprint density at radius 3 is 2.32 bits per heavy atom. The zero-order valence-electron chi connectivity index (χ0n) is 10.8. The van der Waals surface area contributed by atoms with Crippen molar-refractivity contribution in [2.24, 2.45) is 5.73 Å². The molecule has 2 nitrogen and oxygen atoms in total. The van der Waals surface area contributed by atoms with Gasteiger partial charge in [0, 0.05) is 24.3 Å². The van der Waals surface area contributed by atoms with Crippen molar-refractivity contribution in [2.75, 3.05) is 11.4 Å². The summed E-state index contributed by atoms with van der Waals surface area (Å²) in [5, 5.41) is 0. The molecule has 0 unspecified atom stereocenters. The normalized spacial score (nSPS) is 13.7. The van der Waals surface area contributed by atoms with Gasteiger partial charge < -0.3 is 10.6 Å². The molecular formula is C16H17FN2. The zero-order valence-corrected chi connectivity index (χ0v) is 10.8. The molecule has 3 rings (SSSR count). The maximum Gasteiger partial charge on any atom is 0.128 e. The second kappa shape index (κ2) is 5.02. The maximum atomic E-state index is 13.9. The summed E-state index contributed by atoms with van der Waals surface area (Å²) in [5.41, 5.74) is 9.95. The van der Waals surface area contributed by atoms with Crippen molar-refractivity contribution in [3.8, 4) is 0 Å². The summed E-state index contributed by atoms with van der Waals surface area (Å²) in [7, 11) is 0. The largest absolute Gasteiger partial charge is 0.363 e. The minimum atomic E-state index is -0.154. The van der Waals surface area contributed by atoms with Crippen molar-refractivity contribution in [3.05, 3.63) is 65.0 Å². The smallest absolute Gasteiger partial charge is 0.128 e. The fourth-order valence-electron chi connectivity index (χ4n) is 2.74. The van der Waals surface area contributed by atoms with Gasteiger partial charge in [0.05, 0.1) is 0 Å². The van der Waals surface area contributed by atoms with Crippen molar-refractivity contribution < 1.29 is 4.39 Å². The first-order valence-electron chi connectivity index (χ1n) is 6.59. The Hall–Kier alpha value is -1.87. The third kappa shape index (κ3) is 2.22. The molecule has 2 aromatic carbocycles. The Bertz CT molecular complexity index is 570. The Morgan fingerprint density at radius 2 is 1.68 bits per heavy atom. The highest BCUT2D eigenvalue weighted by Crippen LogP contribution is 2.31. The van der Waals surface area contributed by atoms with E-state index in [-0.39, 0.29) is 5.82 Å². The highest BCUT2D eigenvalue weighted by molar-refractivity contribution is 5.57. The number of fused-ring (bicyclic) bond motifs is 1. The summed E-state index contributed by atoms with van der Waals surface area (Å²) in [6.45, 7) is 2.16. The summed E-state index contributed by atoms with van der Waals surface area (Å²) in [6, 6.07) is 13.6. The van der Waals surface area contributed by atoms with E-state index in [2.05, 4.69) is 29.2 Å². The maximum absolute atomic E-state index is 13.9. The van der Waals surface area contributed by atoms with Crippen LogP contribution in [-0.4, -0.2) is 6.54 Å². The Kier molecular flexibility index (Phi) is 3.22. The van der Waals surface area contributed by atoms with Gasteiger partial charge in [0.2, 0.25) is 0 Å². The number of halogens is 1. The van der Waals surface area contributed by atoms with E-state index in [1.165, 1.54) is 17.2 Å². The lowest BCUT2D eigenvalue weighted by Crippen LogP contribution is -2.18. The van der Waals surface area contributed by atoms with Gasteiger partial charge in [0.1, 0.15) is 5.82 Å². The van der Waals surface area contributed by atoms with E-state index in [1.807, 2.05) is 6.07 Å². The molecule has 0 radical (unpaired) electrons. The van der Waals surface area contributed by atoms with Crippen LogP contribution < -0.4 is 10.6 Å². The summed E-state index contributed by atoms with van der Waals surface area (Å²) in [5.74, 6) is -0.154. The number of hydrogen-bond donors (Lipinski definition) is 1. The summed E-state index contributed by atoms with van der Waals surface area (Å²) in [4.78, 5) is 2.22. The van der Waals surface area contributed by atoms with Gasteiger partial charge in [0.25, 0.3) is 0 Å². The van der Waals surface area contributed by atoms with Crippen molar-refractivity contribution in [1.29, 1.82) is 0 Å². The van der Waals surface area contributed by atoms with Crippen LogP contribution in [-0.2, 0) is 19.5 Å². The van der Waals surface area contributed by atoms with Crippen LogP contribution in [0.4, 0.5) is 10.1 Å². The first kappa shape index (κ1) is 12.2. The number of nitrogens with two attached hydrogens (primary N) is 1. The first-order chi connectivity index (χ1) is 9.29. The van der Waals surface area contributed by atoms with E-state index >= 15 is 0 Å². The molecule has 0 atom stereocenters. The molecule has 1 aliphatic rings. The SMILES string of the molecule is NCCc1c(F)cccc1N1Cc2ccccc2C1. The molecule has 1 aliphatic heterocycles. The second-order valence-electron chi connectivity index (χ2n) is 4.90. The topological polar surface area (TPSA) is 29.3 Å². The average molecular weight is 256 g/mol. The van der Waals surface area contributed by atoms with Gasteiger partial charge in [-0.15, -0.1) is 0 Å². The molecule has 0 spiro atoms. The minimum absolute atomic E-state index is 0.154. The third-order valence-electron chi connectivity index (χ3n) is 3.67. The molecule has 98 valence electrons. The van der Waals surface area contributed by atoms with E-state index in [0.29, 0.717) is 13.0 Å². The van der Waals surface area contributed by atoms with Crippen molar-refractivity contribution in [2.45, 2.75) is 19.5 Å². The number of anilines is 1. The van der Waals surface area contributed by atoms with Gasteiger partial charge in [-0.1, -0.05) is 30.3 Å². The van der Waals surface area contributed by atoms with Crippen LogP contribution in [0, 0.1) is 5.82 Å². The summed E-state index contributed by atoms with van der Waals surface area (Å²) in [6.07, 6.45) is 0.578. The Morgan fingerprint density at radius 1 is 1.00 bits per heavy atom. The van der Waals surface area contributed by atoms with Crippen LogP contribution in [0.3, 0.4) is 0 Å². The lowest BCUT2D eigenvalue weighted by Gasteiger charge is -2.21. The standard InChI is InChI=1S/C16H17FN2/c17-15-6-3-7-16(14(15)8-9-18)19-10-12-4-1-2-5-13(12)11-19/h1-7H,8-11,18H2. The van der Waals surface area contributed by atoms with Gasteiger partial charge in [-0.3, -0.25) is 0 Å². The van der Waals surface area contributed by atoms with Crippen LogP contribution in [0.2, 0.25) is 0 Å². The molecule has 2 aromatic rings. The number of nitrogens with zero attached hydrogens (tertiary/aromatic N) is 1.